The van der Waals surface area contributed by atoms with E-state index in [1.807, 2.05) is 30.3 Å². The van der Waals surface area contributed by atoms with Gasteiger partial charge in [0.1, 0.15) is 5.82 Å². The van der Waals surface area contributed by atoms with Gasteiger partial charge in [-0.1, -0.05) is 42.5 Å². The Morgan fingerprint density at radius 3 is 2.08 bits per heavy atom. The highest BCUT2D eigenvalue weighted by Gasteiger charge is 2.11. The van der Waals surface area contributed by atoms with Crippen LogP contribution >= 0.6 is 0 Å². The first kappa shape index (κ1) is 17.9. The van der Waals surface area contributed by atoms with Crippen molar-refractivity contribution in [3.8, 4) is 0 Å². The molecule has 0 amide bonds. The Morgan fingerprint density at radius 1 is 0.769 bits per heavy atom. The van der Waals surface area contributed by atoms with Crippen LogP contribution in [0.5, 0.6) is 0 Å². The first-order valence-electron chi connectivity index (χ1n) is 8.18. The normalized spacial score (nSPS) is 11.1. The van der Waals surface area contributed by atoms with Gasteiger partial charge in [0.25, 0.3) is 0 Å². The SMILES string of the molecule is O=S(=O)(CCc1ccccc1)Nc1ccc(Nc2ccccc2F)cc1. The molecule has 0 radical (unpaired) electrons. The first-order chi connectivity index (χ1) is 12.5. The Hall–Kier alpha value is -2.86. The summed E-state index contributed by atoms with van der Waals surface area (Å²) in [5.41, 5.74) is 2.48. The average molecular weight is 370 g/mol. The molecule has 0 aliphatic carbocycles. The Morgan fingerprint density at radius 2 is 1.38 bits per heavy atom. The highest BCUT2D eigenvalue weighted by Crippen LogP contribution is 2.21. The van der Waals surface area contributed by atoms with Gasteiger partial charge in [-0.2, -0.15) is 0 Å². The van der Waals surface area contributed by atoms with E-state index >= 15 is 0 Å². The lowest BCUT2D eigenvalue weighted by Gasteiger charge is -2.10. The second kappa shape index (κ2) is 8.01. The van der Waals surface area contributed by atoms with Gasteiger partial charge in [0.15, 0.2) is 0 Å². The maximum Gasteiger partial charge on any atom is 0.233 e. The number of sulfonamides is 1. The molecular formula is C20H19FN2O2S. The summed E-state index contributed by atoms with van der Waals surface area (Å²) >= 11 is 0. The van der Waals surface area contributed by atoms with Crippen molar-refractivity contribution in [2.45, 2.75) is 6.42 Å². The third-order valence-corrected chi connectivity index (χ3v) is 5.10. The molecule has 0 saturated heterocycles. The molecule has 0 aromatic heterocycles. The third kappa shape index (κ3) is 5.07. The molecule has 0 heterocycles. The molecule has 0 saturated carbocycles. The smallest absolute Gasteiger partial charge is 0.233 e. The van der Waals surface area contributed by atoms with Crippen molar-refractivity contribution in [1.82, 2.24) is 0 Å². The van der Waals surface area contributed by atoms with Crippen molar-refractivity contribution < 1.29 is 12.8 Å². The molecule has 4 nitrogen and oxygen atoms in total. The maximum atomic E-state index is 13.6. The largest absolute Gasteiger partial charge is 0.353 e. The molecule has 2 N–H and O–H groups in total. The molecule has 3 aromatic rings. The van der Waals surface area contributed by atoms with E-state index in [4.69, 9.17) is 0 Å². The number of rotatable bonds is 7. The number of hydrogen-bond acceptors (Lipinski definition) is 3. The van der Waals surface area contributed by atoms with Crippen LogP contribution < -0.4 is 10.0 Å². The topological polar surface area (TPSA) is 58.2 Å². The van der Waals surface area contributed by atoms with Crippen LogP contribution in [0.1, 0.15) is 5.56 Å². The molecule has 0 spiro atoms. The molecule has 3 aromatic carbocycles. The predicted molar refractivity (Wildman–Crippen MR) is 104 cm³/mol. The molecule has 26 heavy (non-hydrogen) atoms. The van der Waals surface area contributed by atoms with E-state index in [1.165, 1.54) is 6.07 Å². The molecule has 0 aliphatic rings. The van der Waals surface area contributed by atoms with Crippen LogP contribution in [-0.2, 0) is 16.4 Å². The summed E-state index contributed by atoms with van der Waals surface area (Å²) in [7, 11) is -3.44. The lowest BCUT2D eigenvalue weighted by molar-refractivity contribution is 0.600. The van der Waals surface area contributed by atoms with Crippen molar-refractivity contribution in [1.29, 1.82) is 0 Å². The molecule has 0 atom stereocenters. The monoisotopic (exact) mass is 370 g/mol. The molecular weight excluding hydrogens is 351 g/mol. The van der Waals surface area contributed by atoms with E-state index in [1.54, 1.807) is 42.5 Å². The Bertz CT molecular complexity index is 959. The number of halogens is 1. The molecule has 6 heteroatoms. The standard InChI is InChI=1S/C20H19FN2O2S/c21-19-8-4-5-9-20(19)22-17-10-12-18(13-11-17)23-26(24,25)15-14-16-6-2-1-3-7-16/h1-13,22-23H,14-15H2. The van der Waals surface area contributed by atoms with Crippen LogP contribution in [0.2, 0.25) is 0 Å². The van der Waals surface area contributed by atoms with Gasteiger partial charge in [0.05, 0.1) is 11.4 Å². The summed E-state index contributed by atoms with van der Waals surface area (Å²) in [6.45, 7) is 0. The van der Waals surface area contributed by atoms with Gasteiger partial charge in [-0.15, -0.1) is 0 Å². The molecule has 0 fully saturated rings. The van der Waals surface area contributed by atoms with Crippen LogP contribution in [0.3, 0.4) is 0 Å². The number of hydrogen-bond donors (Lipinski definition) is 2. The zero-order valence-corrected chi connectivity index (χ0v) is 14.8. The summed E-state index contributed by atoms with van der Waals surface area (Å²) in [5, 5.41) is 2.96. The van der Waals surface area contributed by atoms with Crippen LogP contribution in [0.15, 0.2) is 78.9 Å². The Kier molecular flexibility index (Phi) is 5.53. The van der Waals surface area contributed by atoms with Gasteiger partial charge < -0.3 is 5.32 Å². The minimum atomic E-state index is -3.44. The van der Waals surface area contributed by atoms with Crippen molar-refractivity contribution in [3.05, 3.63) is 90.2 Å². The minimum Gasteiger partial charge on any atom is -0.353 e. The molecule has 134 valence electrons. The number of anilines is 3. The van der Waals surface area contributed by atoms with E-state index in [9.17, 15) is 12.8 Å². The fourth-order valence-electron chi connectivity index (χ4n) is 2.47. The summed E-state index contributed by atoms with van der Waals surface area (Å²) in [6, 6.07) is 22.5. The first-order valence-corrected chi connectivity index (χ1v) is 9.83. The van der Waals surface area contributed by atoms with Gasteiger partial charge in [-0.05, 0) is 48.4 Å². The number of nitrogens with one attached hydrogen (secondary N) is 2. The second-order valence-electron chi connectivity index (χ2n) is 5.84. The maximum absolute atomic E-state index is 13.6. The van der Waals surface area contributed by atoms with Gasteiger partial charge in [0, 0.05) is 11.4 Å². The molecule has 3 rings (SSSR count). The Labute approximate surface area is 152 Å². The lowest BCUT2D eigenvalue weighted by Crippen LogP contribution is -2.18. The summed E-state index contributed by atoms with van der Waals surface area (Å²) < 4.78 is 40.6. The third-order valence-electron chi connectivity index (χ3n) is 3.81. The minimum absolute atomic E-state index is 0.00619. The molecule has 0 unspecified atom stereocenters. The fraction of sp³-hybridized carbons (Fsp3) is 0.100. The zero-order valence-electron chi connectivity index (χ0n) is 14.0. The van der Waals surface area contributed by atoms with Gasteiger partial charge in [-0.25, -0.2) is 12.8 Å². The van der Waals surface area contributed by atoms with Gasteiger partial charge >= 0.3 is 0 Å². The zero-order chi connectivity index (χ0) is 18.4. The van der Waals surface area contributed by atoms with E-state index in [-0.39, 0.29) is 11.6 Å². The number of aryl methyl sites for hydroxylation is 1. The Balaban J connectivity index is 1.60. The fourth-order valence-corrected chi connectivity index (χ4v) is 3.57. The van der Waals surface area contributed by atoms with Crippen LogP contribution in [0.25, 0.3) is 0 Å². The van der Waals surface area contributed by atoms with Crippen LogP contribution in [0.4, 0.5) is 21.5 Å². The highest BCUT2D eigenvalue weighted by atomic mass is 32.2. The lowest BCUT2D eigenvalue weighted by atomic mass is 10.2. The summed E-state index contributed by atoms with van der Waals surface area (Å²) in [4.78, 5) is 0. The van der Waals surface area contributed by atoms with Crippen molar-refractivity contribution in [2.75, 3.05) is 15.8 Å². The number of para-hydroxylation sites is 1. The quantitative estimate of drug-likeness (QED) is 0.641. The van der Waals surface area contributed by atoms with Gasteiger partial charge in [-0.3, -0.25) is 4.72 Å². The van der Waals surface area contributed by atoms with E-state index in [0.29, 0.717) is 23.5 Å². The van der Waals surface area contributed by atoms with E-state index in [2.05, 4.69) is 10.0 Å². The van der Waals surface area contributed by atoms with Crippen LogP contribution in [0, 0.1) is 5.82 Å². The van der Waals surface area contributed by atoms with Gasteiger partial charge in [0.2, 0.25) is 10.0 Å². The second-order valence-corrected chi connectivity index (χ2v) is 7.68. The predicted octanol–water partition coefficient (Wildman–Crippen LogP) is 4.55. The summed E-state index contributed by atoms with van der Waals surface area (Å²) in [5.74, 6) is -0.343. The molecule has 0 bridgehead atoms. The van der Waals surface area contributed by atoms with Crippen molar-refractivity contribution >= 4 is 27.1 Å². The van der Waals surface area contributed by atoms with Crippen LogP contribution in [-0.4, -0.2) is 14.2 Å². The highest BCUT2D eigenvalue weighted by molar-refractivity contribution is 7.92. The van der Waals surface area contributed by atoms with Crippen molar-refractivity contribution in [3.63, 3.8) is 0 Å². The van der Waals surface area contributed by atoms with E-state index in [0.717, 1.165) is 5.56 Å². The number of benzene rings is 3. The van der Waals surface area contributed by atoms with Crippen molar-refractivity contribution in [2.24, 2.45) is 0 Å². The molecule has 0 aliphatic heterocycles. The summed E-state index contributed by atoms with van der Waals surface area (Å²) in [6.07, 6.45) is 0.448. The van der Waals surface area contributed by atoms with E-state index < -0.39 is 10.0 Å². The average Bonchev–Trinajstić information content (AvgIpc) is 2.64.